The summed E-state index contributed by atoms with van der Waals surface area (Å²) < 4.78 is 20.3. The van der Waals surface area contributed by atoms with Crippen molar-refractivity contribution in [2.24, 2.45) is 11.5 Å². The third-order valence-corrected chi connectivity index (χ3v) is 1.68. The lowest BCUT2D eigenvalue weighted by Crippen LogP contribution is -2.53. The van der Waals surface area contributed by atoms with Gasteiger partial charge in [0, 0.05) is 0 Å². The lowest BCUT2D eigenvalue weighted by molar-refractivity contribution is -0.0558. The van der Waals surface area contributed by atoms with Gasteiger partial charge in [0.15, 0.2) is 5.85 Å². The Morgan fingerprint density at radius 2 is 1.11 bits per heavy atom. The van der Waals surface area contributed by atoms with Crippen molar-refractivity contribution < 1.29 is 29.2 Å². The van der Waals surface area contributed by atoms with E-state index in [0.717, 1.165) is 0 Å². The van der Waals surface area contributed by atoms with Gasteiger partial charge in [-0.25, -0.2) is 0 Å². The molecule has 0 aliphatic heterocycles. The van der Waals surface area contributed by atoms with Gasteiger partial charge in [-0.15, -0.1) is 0 Å². The van der Waals surface area contributed by atoms with Gasteiger partial charge in [0.05, 0.1) is 52.9 Å². The van der Waals surface area contributed by atoms with Gasteiger partial charge in [0.1, 0.15) is 6.61 Å². The van der Waals surface area contributed by atoms with Crippen LogP contribution in [0.2, 0.25) is 0 Å². The fourth-order valence-corrected chi connectivity index (χ4v) is 0.960. The minimum atomic E-state index is -1.79. The summed E-state index contributed by atoms with van der Waals surface area (Å²) in [6.45, 7) is 2.70. The van der Waals surface area contributed by atoms with Crippen LogP contribution >= 0.6 is 0 Å². The normalized spacial score (nSPS) is 12.0. The van der Waals surface area contributed by atoms with Crippen molar-refractivity contribution in [2.45, 2.75) is 5.85 Å². The summed E-state index contributed by atoms with van der Waals surface area (Å²) in [5.74, 6) is -1.79. The molecule has 0 saturated heterocycles. The van der Waals surface area contributed by atoms with Gasteiger partial charge in [-0.1, -0.05) is 0 Å². The first-order valence-electron chi connectivity index (χ1n) is 5.78. The standard InChI is InChI=1S/C10H24N2O6/c11-10(12,14)9-18-8-7-17-6-5-16-4-3-15-2-1-13/h13-14H,1-9,11-12H2. The number of rotatable bonds is 13. The minimum Gasteiger partial charge on any atom is -0.394 e. The Hall–Kier alpha value is -0.320. The number of aliphatic hydroxyl groups excluding tert-OH is 1. The molecule has 0 aromatic rings. The molecule has 18 heavy (non-hydrogen) atoms. The van der Waals surface area contributed by atoms with E-state index >= 15 is 0 Å². The van der Waals surface area contributed by atoms with E-state index < -0.39 is 5.85 Å². The zero-order valence-electron chi connectivity index (χ0n) is 10.5. The Labute approximate surface area is 107 Å². The molecular formula is C10H24N2O6. The maximum Gasteiger partial charge on any atom is 0.191 e. The van der Waals surface area contributed by atoms with E-state index in [4.69, 9.17) is 40.6 Å². The Balaban J connectivity index is 2.99. The molecule has 0 aliphatic rings. The molecular weight excluding hydrogens is 244 g/mol. The van der Waals surface area contributed by atoms with Crippen LogP contribution in [-0.2, 0) is 18.9 Å². The van der Waals surface area contributed by atoms with Crippen LogP contribution in [0.3, 0.4) is 0 Å². The molecule has 8 nitrogen and oxygen atoms in total. The Morgan fingerprint density at radius 1 is 0.722 bits per heavy atom. The molecule has 8 heteroatoms. The van der Waals surface area contributed by atoms with Crippen molar-refractivity contribution in [1.29, 1.82) is 0 Å². The first kappa shape index (κ1) is 17.7. The summed E-state index contributed by atoms with van der Waals surface area (Å²) in [5, 5.41) is 17.4. The molecule has 0 bridgehead atoms. The SMILES string of the molecule is NC(N)(O)COCCOCCOCCOCCO. The second kappa shape index (κ2) is 11.8. The quantitative estimate of drug-likeness (QED) is 0.215. The third kappa shape index (κ3) is 15.7. The predicted molar refractivity (Wildman–Crippen MR) is 63.7 cm³/mol. The Morgan fingerprint density at radius 3 is 1.50 bits per heavy atom. The second-order valence-corrected chi connectivity index (χ2v) is 3.60. The molecule has 0 aromatic heterocycles. The maximum absolute atomic E-state index is 8.92. The summed E-state index contributed by atoms with van der Waals surface area (Å²) in [4.78, 5) is 0. The van der Waals surface area contributed by atoms with Crippen LogP contribution in [0.1, 0.15) is 0 Å². The van der Waals surface area contributed by atoms with Gasteiger partial charge < -0.3 is 29.2 Å². The molecule has 0 aromatic carbocycles. The largest absolute Gasteiger partial charge is 0.394 e. The molecule has 0 aliphatic carbocycles. The maximum atomic E-state index is 8.92. The molecule has 0 fully saturated rings. The molecule has 0 atom stereocenters. The molecule has 0 radical (unpaired) electrons. The monoisotopic (exact) mass is 268 g/mol. The number of aliphatic hydroxyl groups is 2. The van der Waals surface area contributed by atoms with Gasteiger partial charge in [0.25, 0.3) is 0 Å². The lowest BCUT2D eigenvalue weighted by atomic mass is 10.5. The number of ether oxygens (including phenoxy) is 4. The number of hydrogen-bond acceptors (Lipinski definition) is 8. The summed E-state index contributed by atoms with van der Waals surface area (Å²) in [7, 11) is 0. The van der Waals surface area contributed by atoms with Crippen LogP contribution in [0.5, 0.6) is 0 Å². The highest BCUT2D eigenvalue weighted by molar-refractivity contribution is 4.57. The van der Waals surface area contributed by atoms with E-state index in [9.17, 15) is 0 Å². The zero-order valence-corrected chi connectivity index (χ0v) is 10.5. The van der Waals surface area contributed by atoms with Crippen LogP contribution in [0.15, 0.2) is 0 Å². The highest BCUT2D eigenvalue weighted by Gasteiger charge is 2.12. The summed E-state index contributed by atoms with van der Waals surface area (Å²) >= 11 is 0. The van der Waals surface area contributed by atoms with Crippen molar-refractivity contribution in [3.8, 4) is 0 Å². The average Bonchev–Trinajstić information content (AvgIpc) is 2.29. The van der Waals surface area contributed by atoms with E-state index in [2.05, 4.69) is 0 Å². The van der Waals surface area contributed by atoms with E-state index in [1.807, 2.05) is 0 Å². The molecule has 0 unspecified atom stereocenters. The molecule has 0 rings (SSSR count). The molecule has 6 N–H and O–H groups in total. The smallest absolute Gasteiger partial charge is 0.191 e. The van der Waals surface area contributed by atoms with Gasteiger partial charge in [0.2, 0.25) is 0 Å². The molecule has 0 spiro atoms. The van der Waals surface area contributed by atoms with E-state index in [1.165, 1.54) is 0 Å². The highest BCUT2D eigenvalue weighted by Crippen LogP contribution is 1.86. The van der Waals surface area contributed by atoms with Crippen LogP contribution in [0.25, 0.3) is 0 Å². The first-order chi connectivity index (χ1) is 8.56. The summed E-state index contributed by atoms with van der Waals surface area (Å²) in [6.07, 6.45) is 0. The summed E-state index contributed by atoms with van der Waals surface area (Å²) in [6, 6.07) is 0. The van der Waals surface area contributed by atoms with Gasteiger partial charge in [-0.3, -0.25) is 11.5 Å². The van der Waals surface area contributed by atoms with Crippen LogP contribution < -0.4 is 11.5 Å². The average molecular weight is 268 g/mol. The molecule has 110 valence electrons. The van der Waals surface area contributed by atoms with Crippen LogP contribution in [0.4, 0.5) is 0 Å². The third-order valence-electron chi connectivity index (χ3n) is 1.68. The van der Waals surface area contributed by atoms with Gasteiger partial charge >= 0.3 is 0 Å². The first-order valence-corrected chi connectivity index (χ1v) is 5.78. The lowest BCUT2D eigenvalue weighted by Gasteiger charge is -2.16. The van der Waals surface area contributed by atoms with Gasteiger partial charge in [-0.05, 0) is 0 Å². The van der Waals surface area contributed by atoms with E-state index in [1.54, 1.807) is 0 Å². The second-order valence-electron chi connectivity index (χ2n) is 3.60. The van der Waals surface area contributed by atoms with E-state index in [0.29, 0.717) is 46.2 Å². The van der Waals surface area contributed by atoms with Crippen LogP contribution in [-0.4, -0.2) is 75.5 Å². The predicted octanol–water partition coefficient (Wildman–Crippen LogP) is -2.39. The van der Waals surface area contributed by atoms with Crippen molar-refractivity contribution in [3.05, 3.63) is 0 Å². The van der Waals surface area contributed by atoms with Crippen molar-refractivity contribution in [2.75, 3.05) is 59.5 Å². The van der Waals surface area contributed by atoms with Crippen LogP contribution in [0, 0.1) is 0 Å². The zero-order chi connectivity index (χ0) is 13.7. The molecule has 0 heterocycles. The minimum absolute atomic E-state index is 0.0177. The van der Waals surface area contributed by atoms with Gasteiger partial charge in [-0.2, -0.15) is 0 Å². The fraction of sp³-hybridized carbons (Fsp3) is 1.00. The molecule has 0 amide bonds. The van der Waals surface area contributed by atoms with Crippen molar-refractivity contribution in [3.63, 3.8) is 0 Å². The number of nitrogens with two attached hydrogens (primary N) is 2. The van der Waals surface area contributed by atoms with Crippen molar-refractivity contribution >= 4 is 0 Å². The fourth-order valence-electron chi connectivity index (χ4n) is 0.960. The van der Waals surface area contributed by atoms with E-state index in [-0.39, 0.29) is 13.2 Å². The number of hydrogen-bond donors (Lipinski definition) is 4. The van der Waals surface area contributed by atoms with Crippen molar-refractivity contribution in [1.82, 2.24) is 0 Å². The summed E-state index contributed by atoms with van der Waals surface area (Å²) in [5.41, 5.74) is 10.2. The Bertz CT molecular complexity index is 176. The molecule has 0 saturated carbocycles. The Kier molecular flexibility index (Phi) is 11.5. The topological polar surface area (TPSA) is 129 Å². The highest BCUT2D eigenvalue weighted by atomic mass is 16.6.